The minimum atomic E-state index is 0.0833. The second-order valence-electron chi connectivity index (χ2n) is 2.71. The van der Waals surface area contributed by atoms with Crippen LogP contribution in [0.4, 0.5) is 0 Å². The molecule has 0 unspecified atom stereocenters. The predicted octanol–water partition coefficient (Wildman–Crippen LogP) is 1.57. The number of hydrogen-bond acceptors (Lipinski definition) is 2. The van der Waals surface area contributed by atoms with E-state index in [2.05, 4.69) is 0 Å². The first-order valence-electron chi connectivity index (χ1n) is 3.54. The number of ether oxygens (including phenoxy) is 1. The van der Waals surface area contributed by atoms with Crippen LogP contribution in [0.2, 0.25) is 0 Å². The van der Waals surface area contributed by atoms with E-state index in [1.54, 1.807) is 0 Å². The molecule has 0 amide bonds. The van der Waals surface area contributed by atoms with Gasteiger partial charge in [0.05, 0.1) is 5.56 Å². The van der Waals surface area contributed by atoms with Crippen LogP contribution in [-0.4, -0.2) is 12.4 Å². The molecule has 0 spiro atoms. The van der Waals surface area contributed by atoms with Crippen LogP contribution >= 0.6 is 0 Å². The third-order valence-electron chi connectivity index (χ3n) is 1.80. The van der Waals surface area contributed by atoms with Crippen LogP contribution < -0.4 is 4.74 Å². The summed E-state index contributed by atoms with van der Waals surface area (Å²) in [6.45, 7) is 2.19. The highest BCUT2D eigenvalue weighted by Gasteiger charge is 2.19. The lowest BCUT2D eigenvalue weighted by Crippen LogP contribution is -1.98. The largest absolute Gasteiger partial charge is 0.485 e. The molecular formula is C9H8O2. The van der Waals surface area contributed by atoms with Crippen molar-refractivity contribution in [3.63, 3.8) is 0 Å². The van der Waals surface area contributed by atoms with Gasteiger partial charge in [-0.3, -0.25) is 4.79 Å². The first-order chi connectivity index (χ1) is 5.27. The minimum absolute atomic E-state index is 0.0833. The van der Waals surface area contributed by atoms with Crippen molar-refractivity contribution in [3.05, 3.63) is 29.3 Å². The quantitative estimate of drug-likeness (QED) is 0.558. The highest BCUT2D eigenvalue weighted by molar-refractivity contribution is 6.02. The third kappa shape index (κ3) is 0.909. The van der Waals surface area contributed by atoms with E-state index in [4.69, 9.17) is 4.74 Å². The van der Waals surface area contributed by atoms with Gasteiger partial charge in [0.15, 0.2) is 6.61 Å². The van der Waals surface area contributed by atoms with Crippen LogP contribution in [0, 0.1) is 6.92 Å². The Balaban J connectivity index is 2.59. The number of Topliss-reactive ketones (excluding diaryl/α,β-unsaturated/α-hetero) is 1. The average Bonchev–Trinajstić information content (AvgIpc) is 2.32. The van der Waals surface area contributed by atoms with E-state index in [0.29, 0.717) is 0 Å². The van der Waals surface area contributed by atoms with Gasteiger partial charge in [-0.25, -0.2) is 0 Å². The summed E-state index contributed by atoms with van der Waals surface area (Å²) in [4.78, 5) is 11.1. The van der Waals surface area contributed by atoms with E-state index in [1.807, 2.05) is 25.1 Å². The molecular weight excluding hydrogens is 140 g/mol. The van der Waals surface area contributed by atoms with Crippen LogP contribution in [0.15, 0.2) is 18.2 Å². The molecule has 11 heavy (non-hydrogen) atoms. The summed E-state index contributed by atoms with van der Waals surface area (Å²) in [5.74, 6) is 0.815. The molecule has 0 saturated heterocycles. The zero-order valence-electron chi connectivity index (χ0n) is 6.26. The maximum absolute atomic E-state index is 11.1. The van der Waals surface area contributed by atoms with Gasteiger partial charge in [-0.2, -0.15) is 0 Å². The summed E-state index contributed by atoms with van der Waals surface area (Å²) >= 11 is 0. The Kier molecular flexibility index (Phi) is 1.22. The number of benzene rings is 1. The Bertz CT molecular complexity index is 315. The summed E-state index contributed by atoms with van der Waals surface area (Å²) in [6.07, 6.45) is 0. The minimum Gasteiger partial charge on any atom is -0.485 e. The van der Waals surface area contributed by atoms with Crippen molar-refractivity contribution in [1.29, 1.82) is 0 Å². The summed E-state index contributed by atoms with van der Waals surface area (Å²) in [5.41, 5.74) is 1.84. The number of aryl methyl sites for hydroxylation is 1. The molecule has 0 fully saturated rings. The van der Waals surface area contributed by atoms with Crippen molar-refractivity contribution in [2.24, 2.45) is 0 Å². The second-order valence-corrected chi connectivity index (χ2v) is 2.71. The molecule has 0 N–H and O–H groups in total. The van der Waals surface area contributed by atoms with Gasteiger partial charge in [-0.15, -0.1) is 0 Å². The number of fused-ring (bicyclic) bond motifs is 1. The van der Waals surface area contributed by atoms with Gasteiger partial charge in [0, 0.05) is 0 Å². The van der Waals surface area contributed by atoms with Crippen LogP contribution in [-0.2, 0) is 0 Å². The zero-order chi connectivity index (χ0) is 7.84. The van der Waals surface area contributed by atoms with Gasteiger partial charge in [0.25, 0.3) is 0 Å². The fourth-order valence-electron chi connectivity index (χ4n) is 1.20. The van der Waals surface area contributed by atoms with E-state index in [0.717, 1.165) is 16.9 Å². The van der Waals surface area contributed by atoms with Crippen molar-refractivity contribution < 1.29 is 9.53 Å². The molecule has 1 aliphatic rings. The molecule has 1 aliphatic heterocycles. The normalized spacial score (nSPS) is 14.5. The van der Waals surface area contributed by atoms with Gasteiger partial charge in [0.2, 0.25) is 5.78 Å². The van der Waals surface area contributed by atoms with Gasteiger partial charge in [-0.05, 0) is 24.6 Å². The van der Waals surface area contributed by atoms with E-state index in [-0.39, 0.29) is 12.4 Å². The Morgan fingerprint density at radius 3 is 3.09 bits per heavy atom. The average molecular weight is 148 g/mol. The molecule has 2 nitrogen and oxygen atoms in total. The summed E-state index contributed by atoms with van der Waals surface area (Å²) < 4.78 is 5.14. The standard InChI is InChI=1S/C9H8O2/c1-6-2-3-7-8(10)5-11-9(7)4-6/h2-4H,5H2,1H3. The molecule has 1 aromatic rings. The maximum atomic E-state index is 11.1. The van der Waals surface area contributed by atoms with Crippen LogP contribution in [0.3, 0.4) is 0 Å². The maximum Gasteiger partial charge on any atom is 0.203 e. The molecule has 0 aromatic heterocycles. The fraction of sp³-hybridized carbons (Fsp3) is 0.222. The lowest BCUT2D eigenvalue weighted by molar-refractivity contribution is 0.0961. The van der Waals surface area contributed by atoms with Crippen LogP contribution in [0.25, 0.3) is 0 Å². The van der Waals surface area contributed by atoms with Crippen LogP contribution in [0.5, 0.6) is 5.75 Å². The lowest BCUT2D eigenvalue weighted by Gasteiger charge is -1.96. The first kappa shape index (κ1) is 6.40. The van der Waals surface area contributed by atoms with Crippen LogP contribution in [0.1, 0.15) is 15.9 Å². The van der Waals surface area contributed by atoms with Gasteiger partial charge in [0.1, 0.15) is 5.75 Å². The van der Waals surface area contributed by atoms with Gasteiger partial charge < -0.3 is 4.74 Å². The van der Waals surface area contributed by atoms with E-state index in [1.165, 1.54) is 0 Å². The number of ketones is 1. The summed E-state index contributed by atoms with van der Waals surface area (Å²) in [6, 6.07) is 5.63. The SMILES string of the molecule is Cc1ccc2c(c1)OCC2=O. The van der Waals surface area contributed by atoms with Crippen molar-refractivity contribution in [1.82, 2.24) is 0 Å². The molecule has 0 saturated carbocycles. The molecule has 2 heteroatoms. The highest BCUT2D eigenvalue weighted by Crippen LogP contribution is 2.25. The lowest BCUT2D eigenvalue weighted by atomic mass is 10.1. The molecule has 1 heterocycles. The Labute approximate surface area is 64.8 Å². The molecule has 0 atom stereocenters. The third-order valence-corrected chi connectivity index (χ3v) is 1.80. The Morgan fingerprint density at radius 2 is 2.27 bits per heavy atom. The fourth-order valence-corrected chi connectivity index (χ4v) is 1.20. The van der Waals surface area contributed by atoms with Crippen molar-refractivity contribution in [3.8, 4) is 5.75 Å². The zero-order valence-corrected chi connectivity index (χ0v) is 6.26. The van der Waals surface area contributed by atoms with Crippen molar-refractivity contribution >= 4 is 5.78 Å². The number of rotatable bonds is 0. The highest BCUT2D eigenvalue weighted by atomic mass is 16.5. The number of hydrogen-bond donors (Lipinski definition) is 0. The smallest absolute Gasteiger partial charge is 0.203 e. The number of carbonyl (C=O) groups is 1. The molecule has 1 aromatic carbocycles. The number of carbonyl (C=O) groups excluding carboxylic acids is 1. The first-order valence-corrected chi connectivity index (χ1v) is 3.54. The van der Waals surface area contributed by atoms with E-state index < -0.39 is 0 Å². The second kappa shape index (κ2) is 2.09. The Morgan fingerprint density at radius 1 is 1.45 bits per heavy atom. The van der Waals surface area contributed by atoms with Gasteiger partial charge >= 0.3 is 0 Å². The van der Waals surface area contributed by atoms with E-state index in [9.17, 15) is 4.79 Å². The Hall–Kier alpha value is -1.31. The predicted molar refractivity (Wildman–Crippen MR) is 41.0 cm³/mol. The summed E-state index contributed by atoms with van der Waals surface area (Å²) in [5, 5.41) is 0. The molecule has 0 radical (unpaired) electrons. The summed E-state index contributed by atoms with van der Waals surface area (Å²) in [7, 11) is 0. The molecule has 2 rings (SSSR count). The van der Waals surface area contributed by atoms with Gasteiger partial charge in [-0.1, -0.05) is 6.07 Å². The monoisotopic (exact) mass is 148 g/mol. The van der Waals surface area contributed by atoms with E-state index >= 15 is 0 Å². The molecule has 0 aliphatic carbocycles. The van der Waals surface area contributed by atoms with Crippen molar-refractivity contribution in [2.45, 2.75) is 6.92 Å². The molecule has 0 bridgehead atoms. The topological polar surface area (TPSA) is 26.3 Å². The molecule has 56 valence electrons. The van der Waals surface area contributed by atoms with Crippen molar-refractivity contribution in [2.75, 3.05) is 6.61 Å².